The Bertz CT molecular complexity index is 1940. The van der Waals surface area contributed by atoms with Gasteiger partial charge in [0.05, 0.1) is 24.4 Å². The lowest BCUT2D eigenvalue weighted by Crippen LogP contribution is -2.41. The minimum atomic E-state index is -4.70. The molecule has 18 heteroatoms. The van der Waals surface area contributed by atoms with Gasteiger partial charge in [0.15, 0.2) is 22.8 Å². The summed E-state index contributed by atoms with van der Waals surface area (Å²) in [6.07, 6.45) is 1.79. The van der Waals surface area contributed by atoms with E-state index < -0.39 is 34.7 Å². The van der Waals surface area contributed by atoms with Crippen molar-refractivity contribution in [1.29, 1.82) is 0 Å². The molecule has 210 valence electrons. The number of halogens is 3. The number of hydrogen-bond acceptors (Lipinski definition) is 11. The van der Waals surface area contributed by atoms with E-state index in [0.29, 0.717) is 18.7 Å². The predicted molar refractivity (Wildman–Crippen MR) is 131 cm³/mol. The highest BCUT2D eigenvalue weighted by molar-refractivity contribution is 5.99. The zero-order chi connectivity index (χ0) is 29.1. The number of rotatable bonds is 6. The molecule has 6 rings (SSSR count). The summed E-state index contributed by atoms with van der Waals surface area (Å²) in [4.78, 5) is 63.1. The molecule has 1 amide bonds. The molecular formula is C23H18F3N11O4. The molecule has 1 aliphatic rings. The summed E-state index contributed by atoms with van der Waals surface area (Å²) in [6, 6.07) is 0. The normalized spacial score (nSPS) is 14.4. The molecule has 0 spiro atoms. The largest absolute Gasteiger partial charge is 0.451 e. The lowest BCUT2D eigenvalue weighted by atomic mass is 10.2. The van der Waals surface area contributed by atoms with Crippen LogP contribution in [0.3, 0.4) is 0 Å². The summed E-state index contributed by atoms with van der Waals surface area (Å²) in [6.45, 7) is 1.32. The fraction of sp³-hybridized carbons (Fsp3) is 0.304. The smallest absolute Gasteiger partial charge is 0.337 e. The van der Waals surface area contributed by atoms with Crippen LogP contribution in [0.1, 0.15) is 30.4 Å². The van der Waals surface area contributed by atoms with E-state index in [9.17, 15) is 27.6 Å². The van der Waals surface area contributed by atoms with Crippen LogP contribution in [0.2, 0.25) is 0 Å². The zero-order valence-electron chi connectivity index (χ0n) is 21.2. The third-order valence-corrected chi connectivity index (χ3v) is 6.58. The van der Waals surface area contributed by atoms with E-state index in [4.69, 9.17) is 4.52 Å². The lowest BCUT2D eigenvalue weighted by Gasteiger charge is -2.18. The number of nitrogens with one attached hydrogen (secondary N) is 1. The third-order valence-electron chi connectivity index (χ3n) is 6.58. The van der Waals surface area contributed by atoms with E-state index in [1.54, 1.807) is 6.92 Å². The number of fused-ring (bicyclic) bond motifs is 1. The number of hydrogen-bond donors (Lipinski definition) is 1. The molecule has 0 aliphatic heterocycles. The quantitative estimate of drug-likeness (QED) is 0.308. The third kappa shape index (κ3) is 4.42. The molecule has 41 heavy (non-hydrogen) atoms. The van der Waals surface area contributed by atoms with Crippen molar-refractivity contribution in [3.05, 3.63) is 69.5 Å². The predicted octanol–water partition coefficient (Wildman–Crippen LogP) is 1.03. The number of anilines is 1. The maximum atomic E-state index is 13.5. The van der Waals surface area contributed by atoms with Crippen molar-refractivity contribution in [2.45, 2.75) is 38.0 Å². The SMILES string of the molecule is Cc1noc(Cn2c(=O)c3c(ncn3C3(C(=O)Nc4cncc(-c5cnc(C(F)(F)F)nc5)n4)CC3)n(C)c2=O)n1. The number of amides is 1. The summed E-state index contributed by atoms with van der Waals surface area (Å²) < 4.78 is 47.0. The first kappa shape index (κ1) is 26.0. The molecule has 1 N–H and O–H groups in total. The second kappa shape index (κ2) is 9.14. The van der Waals surface area contributed by atoms with Gasteiger partial charge in [0.1, 0.15) is 12.1 Å². The van der Waals surface area contributed by atoms with E-state index in [2.05, 4.69) is 40.4 Å². The minimum absolute atomic E-state index is 0.0136. The maximum absolute atomic E-state index is 13.5. The number of nitrogens with zero attached hydrogens (tertiary/aromatic N) is 10. The number of carbonyl (C=O) groups is 1. The Kier molecular flexibility index (Phi) is 5.78. The molecule has 0 saturated heterocycles. The number of alkyl halides is 3. The highest BCUT2D eigenvalue weighted by Gasteiger charge is 2.53. The van der Waals surface area contributed by atoms with Crippen molar-refractivity contribution in [2.24, 2.45) is 7.05 Å². The van der Waals surface area contributed by atoms with Gasteiger partial charge in [-0.15, -0.1) is 0 Å². The van der Waals surface area contributed by atoms with Crippen LogP contribution in [0.15, 0.2) is 45.2 Å². The van der Waals surface area contributed by atoms with E-state index in [0.717, 1.165) is 17.0 Å². The van der Waals surface area contributed by atoms with E-state index >= 15 is 0 Å². The van der Waals surface area contributed by atoms with Crippen LogP contribution in [0.25, 0.3) is 22.4 Å². The molecule has 0 radical (unpaired) electrons. The topological polar surface area (TPSA) is 181 Å². The van der Waals surface area contributed by atoms with Gasteiger partial charge in [-0.05, 0) is 19.8 Å². The molecular weight excluding hydrogens is 551 g/mol. The van der Waals surface area contributed by atoms with Crippen molar-refractivity contribution in [1.82, 2.24) is 48.8 Å². The van der Waals surface area contributed by atoms with Gasteiger partial charge >= 0.3 is 11.9 Å². The average molecular weight is 569 g/mol. The fourth-order valence-electron chi connectivity index (χ4n) is 4.37. The minimum Gasteiger partial charge on any atom is -0.337 e. The van der Waals surface area contributed by atoms with Gasteiger partial charge in [-0.3, -0.25) is 19.1 Å². The molecule has 15 nitrogen and oxygen atoms in total. The second-order valence-electron chi connectivity index (χ2n) is 9.32. The standard InChI is InChI=1S/C23H18F3N11O4/c1-11-31-15(41-34-11)9-36-18(38)16-17(35(2)21(36)40)30-10-37(16)22(3-4-22)20(39)33-14-8-27-7-13(32-14)12-5-28-19(29-6-12)23(24,25)26/h5-8,10H,3-4,9H2,1-2H3,(H,32,33,39). The van der Waals surface area contributed by atoms with Crippen LogP contribution < -0.4 is 16.6 Å². The Morgan fingerprint density at radius 3 is 2.46 bits per heavy atom. The Morgan fingerprint density at radius 1 is 1.10 bits per heavy atom. The summed E-state index contributed by atoms with van der Waals surface area (Å²) >= 11 is 0. The van der Waals surface area contributed by atoms with Crippen molar-refractivity contribution < 1.29 is 22.5 Å². The first-order valence-electron chi connectivity index (χ1n) is 12.0. The summed E-state index contributed by atoms with van der Waals surface area (Å²) in [7, 11) is 1.45. The maximum Gasteiger partial charge on any atom is 0.451 e. The van der Waals surface area contributed by atoms with Gasteiger partial charge in [0.25, 0.3) is 11.5 Å². The van der Waals surface area contributed by atoms with Crippen molar-refractivity contribution >= 4 is 22.9 Å². The molecule has 5 aromatic rings. The Balaban J connectivity index is 1.32. The highest BCUT2D eigenvalue weighted by atomic mass is 19.4. The highest BCUT2D eigenvalue weighted by Crippen LogP contribution is 2.45. The Morgan fingerprint density at radius 2 is 1.83 bits per heavy atom. The molecule has 0 atom stereocenters. The monoisotopic (exact) mass is 569 g/mol. The van der Waals surface area contributed by atoms with Crippen LogP contribution >= 0.6 is 0 Å². The first-order valence-corrected chi connectivity index (χ1v) is 12.0. The average Bonchev–Trinajstić information content (AvgIpc) is 3.45. The van der Waals surface area contributed by atoms with Crippen molar-refractivity contribution in [3.63, 3.8) is 0 Å². The van der Waals surface area contributed by atoms with Gasteiger partial charge in [0, 0.05) is 25.0 Å². The van der Waals surface area contributed by atoms with E-state index in [1.165, 1.54) is 34.9 Å². The molecule has 1 saturated carbocycles. The van der Waals surface area contributed by atoms with Crippen molar-refractivity contribution in [2.75, 3.05) is 5.32 Å². The van der Waals surface area contributed by atoms with Crippen LogP contribution in [-0.4, -0.2) is 54.7 Å². The number of imidazole rings is 1. The van der Waals surface area contributed by atoms with Gasteiger partial charge in [-0.2, -0.15) is 18.2 Å². The molecule has 5 aromatic heterocycles. The van der Waals surface area contributed by atoms with E-state index in [1.807, 2.05) is 0 Å². The zero-order valence-corrected chi connectivity index (χ0v) is 21.2. The van der Waals surface area contributed by atoms with Gasteiger partial charge < -0.3 is 14.4 Å². The van der Waals surface area contributed by atoms with Gasteiger partial charge in [-0.25, -0.2) is 29.3 Å². The molecule has 0 bridgehead atoms. The first-order chi connectivity index (χ1) is 19.5. The number of aromatic nitrogens is 10. The van der Waals surface area contributed by atoms with Crippen LogP contribution in [0.5, 0.6) is 0 Å². The van der Waals surface area contributed by atoms with E-state index in [-0.39, 0.29) is 40.7 Å². The second-order valence-corrected chi connectivity index (χ2v) is 9.32. The fourth-order valence-corrected chi connectivity index (χ4v) is 4.37. The number of carbonyl (C=O) groups excluding carboxylic acids is 1. The Labute approximate surface area is 225 Å². The summed E-state index contributed by atoms with van der Waals surface area (Å²) in [5, 5.41) is 6.33. The molecule has 0 aromatic carbocycles. The van der Waals surface area contributed by atoms with Crippen LogP contribution in [0.4, 0.5) is 19.0 Å². The molecule has 1 fully saturated rings. The van der Waals surface area contributed by atoms with Crippen molar-refractivity contribution in [3.8, 4) is 11.3 Å². The molecule has 0 unspecified atom stereocenters. The summed E-state index contributed by atoms with van der Waals surface area (Å²) in [5.41, 5.74) is -2.17. The summed E-state index contributed by atoms with van der Waals surface area (Å²) in [5.74, 6) is -1.42. The van der Waals surface area contributed by atoms with Crippen LogP contribution in [-0.2, 0) is 30.1 Å². The van der Waals surface area contributed by atoms with Gasteiger partial charge in [-0.1, -0.05) is 5.16 Å². The van der Waals surface area contributed by atoms with Gasteiger partial charge in [0.2, 0.25) is 11.7 Å². The molecule has 5 heterocycles. The molecule has 1 aliphatic carbocycles. The number of aryl methyl sites for hydroxylation is 2. The lowest BCUT2D eigenvalue weighted by molar-refractivity contribution is -0.145. The Hall–Kier alpha value is -5.29. The van der Waals surface area contributed by atoms with Crippen LogP contribution in [0, 0.1) is 6.92 Å².